The molecule has 0 atom stereocenters. The van der Waals surface area contributed by atoms with Crippen LogP contribution in [0.4, 0.5) is 0 Å². The number of benzene rings is 1. The van der Waals surface area contributed by atoms with Crippen LogP contribution in [0, 0.1) is 0 Å². The highest BCUT2D eigenvalue weighted by Crippen LogP contribution is 2.27. The fourth-order valence-electron chi connectivity index (χ4n) is 1.57. The minimum Gasteiger partial charge on any atom is -0.482 e. The van der Waals surface area contributed by atoms with Crippen LogP contribution in [0.2, 0.25) is 0 Å². The summed E-state index contributed by atoms with van der Waals surface area (Å²) < 4.78 is 5.01. The summed E-state index contributed by atoms with van der Waals surface area (Å²) in [4.78, 5) is 37.1. The average molecular weight is 320 g/mol. The third-order valence-corrected chi connectivity index (χ3v) is 3.34. The maximum Gasteiger partial charge on any atom is 0.341 e. The zero-order chi connectivity index (χ0) is 16.1. The summed E-state index contributed by atoms with van der Waals surface area (Å²) in [6.45, 7) is 0.924. The lowest BCUT2D eigenvalue weighted by atomic mass is 10.2. The molecule has 0 fully saturated rings. The van der Waals surface area contributed by atoms with Gasteiger partial charge < -0.3 is 15.2 Å². The maximum atomic E-state index is 11.7. The number of hydrogen-bond donors (Lipinski definition) is 2. The largest absolute Gasteiger partial charge is 0.482 e. The number of carbonyl (C=O) groups excluding carboxylic acids is 2. The molecule has 8 heteroatoms. The number of aliphatic imine (C=N–C) groups is 1. The summed E-state index contributed by atoms with van der Waals surface area (Å²) in [7, 11) is 0. The summed E-state index contributed by atoms with van der Waals surface area (Å²) in [6, 6.07) is 6.59. The van der Waals surface area contributed by atoms with Gasteiger partial charge in [0, 0.05) is 6.92 Å². The summed E-state index contributed by atoms with van der Waals surface area (Å²) >= 11 is 1.08. The van der Waals surface area contributed by atoms with Crippen molar-refractivity contribution in [1.82, 2.24) is 5.32 Å². The highest BCUT2D eigenvalue weighted by atomic mass is 32.2. The van der Waals surface area contributed by atoms with E-state index in [1.165, 1.54) is 6.92 Å². The van der Waals surface area contributed by atoms with Crippen LogP contribution in [0.15, 0.2) is 34.2 Å². The maximum absolute atomic E-state index is 11.7. The highest BCUT2D eigenvalue weighted by molar-refractivity contribution is 8.18. The van der Waals surface area contributed by atoms with Gasteiger partial charge in [0.2, 0.25) is 5.91 Å². The van der Waals surface area contributed by atoms with Crippen molar-refractivity contribution in [1.29, 1.82) is 0 Å². The number of nitrogens with zero attached hydrogens (tertiary/aromatic N) is 1. The molecule has 22 heavy (non-hydrogen) atoms. The van der Waals surface area contributed by atoms with E-state index in [9.17, 15) is 14.4 Å². The number of carboxylic acids is 1. The molecular weight excluding hydrogens is 308 g/mol. The molecule has 0 saturated carbocycles. The molecule has 7 nitrogen and oxygen atoms in total. The lowest BCUT2D eigenvalue weighted by molar-refractivity contribution is -0.139. The molecule has 1 heterocycles. The molecule has 2 amide bonds. The molecule has 0 spiro atoms. The van der Waals surface area contributed by atoms with Crippen LogP contribution in [0.5, 0.6) is 5.75 Å². The number of aliphatic carboxylic acids is 1. The van der Waals surface area contributed by atoms with E-state index < -0.39 is 18.5 Å². The molecule has 1 aromatic carbocycles. The Morgan fingerprint density at radius 2 is 2.05 bits per heavy atom. The van der Waals surface area contributed by atoms with E-state index in [0.29, 0.717) is 10.7 Å². The Morgan fingerprint density at radius 1 is 1.36 bits per heavy atom. The second-order valence-corrected chi connectivity index (χ2v) is 5.30. The summed E-state index contributed by atoms with van der Waals surface area (Å²) in [6.07, 6.45) is 1.63. The van der Waals surface area contributed by atoms with E-state index in [1.54, 1.807) is 30.3 Å². The van der Waals surface area contributed by atoms with Crippen molar-refractivity contribution < 1.29 is 24.2 Å². The smallest absolute Gasteiger partial charge is 0.341 e. The number of carboxylic acid groups (broad SMARTS) is 1. The Balaban J connectivity index is 2.03. The molecule has 0 saturated heterocycles. The van der Waals surface area contributed by atoms with E-state index in [2.05, 4.69) is 10.3 Å². The van der Waals surface area contributed by atoms with Gasteiger partial charge in [0.25, 0.3) is 5.91 Å². The van der Waals surface area contributed by atoms with E-state index in [-0.39, 0.29) is 11.1 Å². The molecule has 0 radical (unpaired) electrons. The quantitative estimate of drug-likeness (QED) is 0.809. The van der Waals surface area contributed by atoms with Gasteiger partial charge in [-0.2, -0.15) is 4.99 Å². The number of nitrogens with one attached hydrogen (secondary N) is 1. The van der Waals surface area contributed by atoms with Gasteiger partial charge >= 0.3 is 5.97 Å². The van der Waals surface area contributed by atoms with Crippen LogP contribution in [0.3, 0.4) is 0 Å². The molecule has 114 valence electrons. The first-order chi connectivity index (χ1) is 10.4. The van der Waals surface area contributed by atoms with Crippen LogP contribution in [0.1, 0.15) is 12.5 Å². The van der Waals surface area contributed by atoms with Gasteiger partial charge in [-0.25, -0.2) is 4.79 Å². The predicted molar refractivity (Wildman–Crippen MR) is 81.4 cm³/mol. The van der Waals surface area contributed by atoms with E-state index in [0.717, 1.165) is 17.3 Å². The van der Waals surface area contributed by atoms with Gasteiger partial charge in [0.1, 0.15) is 5.75 Å². The number of carbonyl (C=O) groups is 3. The molecule has 0 unspecified atom stereocenters. The fourth-order valence-corrected chi connectivity index (χ4v) is 2.43. The number of amides is 2. The molecule has 0 aliphatic carbocycles. The van der Waals surface area contributed by atoms with E-state index in [1.807, 2.05) is 0 Å². The molecular formula is C14H12N2O5S. The first kappa shape index (κ1) is 15.8. The molecule has 0 aromatic heterocycles. The molecule has 1 aliphatic rings. The topological polar surface area (TPSA) is 105 Å². The van der Waals surface area contributed by atoms with Crippen molar-refractivity contribution in [3.63, 3.8) is 0 Å². The number of ether oxygens (including phenoxy) is 1. The number of rotatable bonds is 4. The zero-order valence-corrected chi connectivity index (χ0v) is 12.3. The van der Waals surface area contributed by atoms with Gasteiger partial charge in [0.05, 0.1) is 4.91 Å². The van der Waals surface area contributed by atoms with Crippen LogP contribution >= 0.6 is 11.8 Å². The molecule has 2 rings (SSSR count). The monoisotopic (exact) mass is 320 g/mol. The number of hydrogen-bond acceptors (Lipinski definition) is 5. The van der Waals surface area contributed by atoms with Crippen molar-refractivity contribution >= 4 is 40.8 Å². The van der Waals surface area contributed by atoms with Crippen LogP contribution in [-0.2, 0) is 14.4 Å². The number of thioether (sulfide) groups is 1. The Hall–Kier alpha value is -2.61. The Morgan fingerprint density at radius 3 is 2.64 bits per heavy atom. The highest BCUT2D eigenvalue weighted by Gasteiger charge is 2.22. The fraction of sp³-hybridized carbons (Fsp3) is 0.143. The van der Waals surface area contributed by atoms with Gasteiger partial charge in [-0.05, 0) is 35.5 Å². The average Bonchev–Trinajstić information content (AvgIpc) is 2.77. The van der Waals surface area contributed by atoms with Gasteiger partial charge in [-0.15, -0.1) is 0 Å². The second-order valence-electron chi connectivity index (χ2n) is 4.27. The van der Waals surface area contributed by atoms with Gasteiger partial charge in [0.15, 0.2) is 11.8 Å². The van der Waals surface area contributed by atoms with Crippen molar-refractivity contribution in [2.45, 2.75) is 6.92 Å². The molecule has 2 N–H and O–H groups in total. The minimum absolute atomic E-state index is 0.255. The summed E-state index contributed by atoms with van der Waals surface area (Å²) in [5.41, 5.74) is 0.734. The standard InChI is InChI=1S/C14H12N2O5S/c1-8(17)15-14-16-13(20)11(22-14)6-9-2-4-10(5-3-9)21-7-12(18)19/h2-6H,7H2,1H3,(H,18,19)(H,15,16,17,20)/b11-6-. The summed E-state index contributed by atoms with van der Waals surface area (Å²) in [5, 5.41) is 11.2. The molecule has 1 aliphatic heterocycles. The predicted octanol–water partition coefficient (Wildman–Crippen LogP) is 1.26. The minimum atomic E-state index is -1.05. The van der Waals surface area contributed by atoms with Crippen molar-refractivity contribution in [2.24, 2.45) is 4.99 Å². The normalized spacial score (nSPS) is 15.6. The zero-order valence-electron chi connectivity index (χ0n) is 11.5. The van der Waals surface area contributed by atoms with Crippen LogP contribution in [-0.4, -0.2) is 34.7 Å². The molecule has 0 bridgehead atoms. The van der Waals surface area contributed by atoms with E-state index in [4.69, 9.17) is 9.84 Å². The van der Waals surface area contributed by atoms with Crippen LogP contribution in [0.25, 0.3) is 6.08 Å². The molecule has 1 aromatic rings. The SMILES string of the molecule is CC(=O)NC1=NC(=O)/C(=C/c2ccc(OCC(=O)O)cc2)S1. The van der Waals surface area contributed by atoms with Gasteiger partial charge in [-0.1, -0.05) is 12.1 Å². The van der Waals surface area contributed by atoms with E-state index >= 15 is 0 Å². The first-order valence-electron chi connectivity index (χ1n) is 6.19. The lowest BCUT2D eigenvalue weighted by Gasteiger charge is -2.03. The summed E-state index contributed by atoms with van der Waals surface area (Å²) in [5.74, 6) is -1.34. The Kier molecular flexibility index (Phi) is 4.95. The van der Waals surface area contributed by atoms with Crippen molar-refractivity contribution in [3.8, 4) is 5.75 Å². The third kappa shape index (κ3) is 4.45. The van der Waals surface area contributed by atoms with Gasteiger partial charge in [-0.3, -0.25) is 9.59 Å². The number of amidine groups is 1. The lowest BCUT2D eigenvalue weighted by Crippen LogP contribution is -2.23. The van der Waals surface area contributed by atoms with Crippen LogP contribution < -0.4 is 10.1 Å². The third-order valence-electron chi connectivity index (χ3n) is 2.44. The first-order valence-corrected chi connectivity index (χ1v) is 7.00. The Labute approximate surface area is 130 Å². The Bertz CT molecular complexity index is 679. The van der Waals surface area contributed by atoms with Crippen molar-refractivity contribution in [2.75, 3.05) is 6.61 Å². The van der Waals surface area contributed by atoms with Crippen molar-refractivity contribution in [3.05, 3.63) is 34.7 Å². The second kappa shape index (κ2) is 6.90.